The van der Waals surface area contributed by atoms with Gasteiger partial charge in [-0.2, -0.15) is 0 Å². The van der Waals surface area contributed by atoms with Gasteiger partial charge in [-0.05, 0) is 42.5 Å². The maximum absolute atomic E-state index is 13.2. The van der Waals surface area contributed by atoms with Crippen molar-refractivity contribution in [3.63, 3.8) is 0 Å². The number of piperidine rings is 1. The van der Waals surface area contributed by atoms with Gasteiger partial charge in [-0.15, -0.1) is 5.10 Å². The zero-order chi connectivity index (χ0) is 24.4. The third-order valence-corrected chi connectivity index (χ3v) is 6.74. The van der Waals surface area contributed by atoms with Crippen LogP contribution in [0.15, 0.2) is 59.4 Å². The second-order valence-corrected chi connectivity index (χ2v) is 8.97. The third kappa shape index (κ3) is 4.71. The van der Waals surface area contributed by atoms with Gasteiger partial charge in [0.1, 0.15) is 11.6 Å². The molecule has 0 radical (unpaired) electrons. The first kappa shape index (κ1) is 22.9. The molecule has 2 aromatic carbocycles. The topological polar surface area (TPSA) is 96.8 Å². The Morgan fingerprint density at radius 1 is 1.11 bits per heavy atom. The first-order valence-electron chi connectivity index (χ1n) is 11.9. The SMILES string of the molecule is CC[C@@H](C(=O)N1CCC(c2nc3c(nnn3Cc3ccc(F)cc3)c(=O)[nH]2)CC1)c1ccccc1. The van der Waals surface area contributed by atoms with Gasteiger partial charge >= 0.3 is 0 Å². The monoisotopic (exact) mass is 474 g/mol. The number of nitrogens with one attached hydrogen (secondary N) is 1. The van der Waals surface area contributed by atoms with Gasteiger partial charge in [-0.25, -0.2) is 14.1 Å². The smallest absolute Gasteiger partial charge is 0.281 e. The largest absolute Gasteiger partial charge is 0.342 e. The lowest BCUT2D eigenvalue weighted by molar-refractivity contribution is -0.134. The quantitative estimate of drug-likeness (QED) is 0.461. The van der Waals surface area contributed by atoms with Crippen molar-refractivity contribution in [3.8, 4) is 0 Å². The highest BCUT2D eigenvalue weighted by Gasteiger charge is 2.30. The van der Waals surface area contributed by atoms with Gasteiger partial charge in [0.25, 0.3) is 5.56 Å². The number of benzene rings is 2. The lowest BCUT2D eigenvalue weighted by Gasteiger charge is -2.33. The lowest BCUT2D eigenvalue weighted by Crippen LogP contribution is -2.41. The molecule has 4 aromatic rings. The molecule has 180 valence electrons. The number of hydrogen-bond donors (Lipinski definition) is 1. The van der Waals surface area contributed by atoms with E-state index < -0.39 is 0 Å². The van der Waals surface area contributed by atoms with E-state index in [4.69, 9.17) is 4.98 Å². The van der Waals surface area contributed by atoms with E-state index in [9.17, 15) is 14.0 Å². The summed E-state index contributed by atoms with van der Waals surface area (Å²) in [6, 6.07) is 16.0. The maximum Gasteiger partial charge on any atom is 0.281 e. The van der Waals surface area contributed by atoms with E-state index in [2.05, 4.69) is 15.3 Å². The first-order chi connectivity index (χ1) is 17.0. The predicted octanol–water partition coefficient (Wildman–Crippen LogP) is 3.60. The zero-order valence-electron chi connectivity index (χ0n) is 19.5. The van der Waals surface area contributed by atoms with Crippen molar-refractivity contribution in [3.05, 3.63) is 87.7 Å². The molecule has 0 bridgehead atoms. The summed E-state index contributed by atoms with van der Waals surface area (Å²) in [5.74, 6) is 0.312. The number of likely N-dealkylation sites (tertiary alicyclic amines) is 1. The van der Waals surface area contributed by atoms with Crippen LogP contribution < -0.4 is 5.56 Å². The Labute approximate surface area is 201 Å². The van der Waals surface area contributed by atoms with E-state index in [1.165, 1.54) is 12.1 Å². The fraction of sp³-hybridized carbons (Fsp3) is 0.346. The van der Waals surface area contributed by atoms with Crippen LogP contribution in [0.4, 0.5) is 4.39 Å². The summed E-state index contributed by atoms with van der Waals surface area (Å²) in [6.07, 6.45) is 2.18. The Bertz CT molecular complexity index is 1370. The van der Waals surface area contributed by atoms with Gasteiger partial charge in [0, 0.05) is 19.0 Å². The number of amides is 1. The molecule has 1 aliphatic heterocycles. The minimum atomic E-state index is -0.330. The first-order valence-corrected chi connectivity index (χ1v) is 11.9. The van der Waals surface area contributed by atoms with Crippen molar-refractivity contribution in [2.75, 3.05) is 13.1 Å². The van der Waals surface area contributed by atoms with E-state index in [1.54, 1.807) is 16.8 Å². The molecule has 1 amide bonds. The van der Waals surface area contributed by atoms with Crippen molar-refractivity contribution < 1.29 is 9.18 Å². The molecule has 0 aliphatic carbocycles. The van der Waals surface area contributed by atoms with E-state index in [1.807, 2.05) is 42.2 Å². The van der Waals surface area contributed by atoms with E-state index in [-0.39, 0.29) is 34.6 Å². The Kier molecular flexibility index (Phi) is 6.39. The van der Waals surface area contributed by atoms with Crippen molar-refractivity contribution >= 4 is 17.1 Å². The minimum absolute atomic E-state index is 0.0297. The second-order valence-electron chi connectivity index (χ2n) is 8.97. The molecular formula is C26H27FN6O2. The predicted molar refractivity (Wildman–Crippen MR) is 129 cm³/mol. The van der Waals surface area contributed by atoms with E-state index in [0.717, 1.165) is 17.5 Å². The standard InChI is InChI=1S/C26H27FN6O2/c1-2-21(18-6-4-3-5-7-18)26(35)32-14-12-19(13-15-32)23-28-24-22(25(34)29-23)30-31-33(24)16-17-8-10-20(27)11-9-17/h3-11,19,21H,2,12-16H2,1H3,(H,28,29,34)/t21-/m1/s1. The van der Waals surface area contributed by atoms with Crippen LogP contribution in [0.2, 0.25) is 0 Å². The Balaban J connectivity index is 1.32. The Hall–Kier alpha value is -3.88. The van der Waals surface area contributed by atoms with Crippen molar-refractivity contribution in [2.45, 2.75) is 44.6 Å². The van der Waals surface area contributed by atoms with Crippen LogP contribution in [0.5, 0.6) is 0 Å². The number of carbonyl (C=O) groups excluding carboxylic acids is 1. The average molecular weight is 475 g/mol. The zero-order valence-corrected chi connectivity index (χ0v) is 19.5. The number of H-pyrrole nitrogens is 1. The van der Waals surface area contributed by atoms with Crippen LogP contribution in [-0.4, -0.2) is 48.9 Å². The summed E-state index contributed by atoms with van der Waals surface area (Å²) in [5, 5.41) is 8.08. The van der Waals surface area contributed by atoms with Gasteiger partial charge < -0.3 is 9.88 Å². The highest BCUT2D eigenvalue weighted by Crippen LogP contribution is 2.29. The number of hydrogen-bond acceptors (Lipinski definition) is 5. The van der Waals surface area contributed by atoms with E-state index in [0.29, 0.717) is 43.9 Å². The van der Waals surface area contributed by atoms with Crippen LogP contribution in [0.3, 0.4) is 0 Å². The third-order valence-electron chi connectivity index (χ3n) is 6.74. The minimum Gasteiger partial charge on any atom is -0.342 e. The fourth-order valence-corrected chi connectivity index (χ4v) is 4.78. The molecule has 9 heteroatoms. The molecule has 1 N–H and O–H groups in total. The number of aromatic nitrogens is 5. The molecule has 35 heavy (non-hydrogen) atoms. The lowest BCUT2D eigenvalue weighted by atomic mass is 9.91. The van der Waals surface area contributed by atoms with E-state index >= 15 is 0 Å². The maximum atomic E-state index is 13.2. The molecule has 2 aromatic heterocycles. The number of carbonyl (C=O) groups is 1. The Morgan fingerprint density at radius 2 is 1.83 bits per heavy atom. The summed E-state index contributed by atoms with van der Waals surface area (Å²) in [6.45, 7) is 3.59. The van der Waals surface area contributed by atoms with Crippen LogP contribution >= 0.6 is 0 Å². The van der Waals surface area contributed by atoms with Crippen LogP contribution in [0, 0.1) is 5.82 Å². The summed E-state index contributed by atoms with van der Waals surface area (Å²) >= 11 is 0. The summed E-state index contributed by atoms with van der Waals surface area (Å²) < 4.78 is 14.8. The molecule has 1 aliphatic rings. The molecular weight excluding hydrogens is 447 g/mol. The van der Waals surface area contributed by atoms with Gasteiger partial charge in [0.05, 0.1) is 12.5 Å². The average Bonchev–Trinajstić information content (AvgIpc) is 3.29. The molecule has 0 spiro atoms. The molecule has 1 fully saturated rings. The molecule has 1 saturated heterocycles. The summed E-state index contributed by atoms with van der Waals surface area (Å²) in [7, 11) is 0. The number of aromatic amines is 1. The highest BCUT2D eigenvalue weighted by molar-refractivity contribution is 5.83. The molecule has 1 atom stereocenters. The number of halogens is 1. The van der Waals surface area contributed by atoms with Gasteiger partial charge in [-0.3, -0.25) is 9.59 Å². The highest BCUT2D eigenvalue weighted by atomic mass is 19.1. The molecule has 0 saturated carbocycles. The fourth-order valence-electron chi connectivity index (χ4n) is 4.78. The Morgan fingerprint density at radius 3 is 2.51 bits per heavy atom. The molecule has 8 nitrogen and oxygen atoms in total. The number of nitrogens with zero attached hydrogens (tertiary/aromatic N) is 5. The van der Waals surface area contributed by atoms with Gasteiger partial charge in [-0.1, -0.05) is 54.6 Å². The van der Waals surface area contributed by atoms with Crippen LogP contribution in [-0.2, 0) is 11.3 Å². The van der Waals surface area contributed by atoms with Crippen molar-refractivity contribution in [2.24, 2.45) is 0 Å². The summed E-state index contributed by atoms with van der Waals surface area (Å²) in [4.78, 5) is 35.4. The van der Waals surface area contributed by atoms with Gasteiger partial charge in [0.2, 0.25) is 5.91 Å². The summed E-state index contributed by atoms with van der Waals surface area (Å²) in [5.41, 5.74) is 2.13. The normalized spacial score (nSPS) is 15.4. The van der Waals surface area contributed by atoms with Crippen LogP contribution in [0.25, 0.3) is 11.2 Å². The van der Waals surface area contributed by atoms with Crippen molar-refractivity contribution in [1.82, 2.24) is 29.9 Å². The molecule has 3 heterocycles. The van der Waals surface area contributed by atoms with Crippen molar-refractivity contribution in [1.29, 1.82) is 0 Å². The molecule has 5 rings (SSSR count). The van der Waals surface area contributed by atoms with Gasteiger partial charge in [0.15, 0.2) is 11.2 Å². The van der Waals surface area contributed by atoms with Crippen LogP contribution in [0.1, 0.15) is 55.0 Å². The second kappa shape index (κ2) is 9.77. The number of rotatable bonds is 6. The molecule has 0 unspecified atom stereocenters. The number of fused-ring (bicyclic) bond motifs is 1.